The Hall–Kier alpha value is -0.660. The van der Waals surface area contributed by atoms with Gasteiger partial charge in [0.2, 0.25) is 0 Å². The van der Waals surface area contributed by atoms with E-state index in [1.54, 1.807) is 0 Å². The van der Waals surface area contributed by atoms with Crippen molar-refractivity contribution in [2.24, 2.45) is 11.8 Å². The highest BCUT2D eigenvalue weighted by atomic mass is 16.1. The van der Waals surface area contributed by atoms with E-state index in [2.05, 4.69) is 0 Å². The monoisotopic (exact) mass is 236 g/mol. The van der Waals surface area contributed by atoms with Crippen molar-refractivity contribution in [3.05, 3.63) is 0 Å². The van der Waals surface area contributed by atoms with Gasteiger partial charge in [0.1, 0.15) is 11.6 Å². The maximum absolute atomic E-state index is 11.1. The third kappa shape index (κ3) is 4.25. The first-order chi connectivity index (χ1) is 8.24. The molecule has 0 saturated heterocycles. The average Bonchev–Trinajstić information content (AvgIpc) is 2.34. The van der Waals surface area contributed by atoms with Crippen molar-refractivity contribution in [3.8, 4) is 0 Å². The lowest BCUT2D eigenvalue weighted by Gasteiger charge is -2.23. The van der Waals surface area contributed by atoms with Crippen LogP contribution < -0.4 is 0 Å². The maximum atomic E-state index is 11.1. The van der Waals surface area contributed by atoms with Crippen LogP contribution in [0.1, 0.15) is 70.6 Å². The fourth-order valence-electron chi connectivity index (χ4n) is 3.27. The maximum Gasteiger partial charge on any atom is 0.132 e. The van der Waals surface area contributed by atoms with E-state index in [0.29, 0.717) is 11.6 Å². The van der Waals surface area contributed by atoms with Crippen molar-refractivity contribution in [2.45, 2.75) is 70.6 Å². The molecule has 0 amide bonds. The zero-order valence-corrected chi connectivity index (χ0v) is 10.7. The minimum atomic E-state index is 0.465. The molecule has 2 aliphatic rings. The summed E-state index contributed by atoms with van der Waals surface area (Å²) in [4.78, 5) is 22.3. The molecule has 0 aromatic rings. The summed E-state index contributed by atoms with van der Waals surface area (Å²) in [6.45, 7) is 0. The third-order valence-electron chi connectivity index (χ3n) is 4.55. The Bertz CT molecular complexity index is 235. The highest BCUT2D eigenvalue weighted by Gasteiger charge is 2.21. The van der Waals surface area contributed by atoms with E-state index in [4.69, 9.17) is 0 Å². The van der Waals surface area contributed by atoms with Crippen LogP contribution in [0.2, 0.25) is 0 Å². The van der Waals surface area contributed by atoms with Crippen LogP contribution in [0.4, 0.5) is 0 Å². The SMILES string of the molecule is O=C1CCC(CCCC2CCC(=O)CC2)CC1. The van der Waals surface area contributed by atoms with E-state index in [0.717, 1.165) is 63.2 Å². The quantitative estimate of drug-likeness (QED) is 0.746. The molecule has 0 aliphatic heterocycles. The van der Waals surface area contributed by atoms with Gasteiger partial charge in [-0.3, -0.25) is 9.59 Å². The molecule has 2 saturated carbocycles. The predicted molar refractivity (Wildman–Crippen MR) is 67.8 cm³/mol. The lowest BCUT2D eigenvalue weighted by molar-refractivity contribution is -0.121. The molecule has 0 bridgehead atoms. The normalized spacial score (nSPS) is 24.2. The van der Waals surface area contributed by atoms with Crippen molar-refractivity contribution in [3.63, 3.8) is 0 Å². The summed E-state index contributed by atoms with van der Waals surface area (Å²) in [5.74, 6) is 2.54. The summed E-state index contributed by atoms with van der Waals surface area (Å²) in [7, 11) is 0. The molecule has 0 spiro atoms. The van der Waals surface area contributed by atoms with E-state index >= 15 is 0 Å². The van der Waals surface area contributed by atoms with Gasteiger partial charge in [0.05, 0.1) is 0 Å². The summed E-state index contributed by atoms with van der Waals surface area (Å²) >= 11 is 0. The van der Waals surface area contributed by atoms with E-state index in [1.165, 1.54) is 19.3 Å². The van der Waals surface area contributed by atoms with Crippen molar-refractivity contribution < 1.29 is 9.59 Å². The molecule has 0 aromatic heterocycles. The molecule has 2 heteroatoms. The number of carbonyl (C=O) groups excluding carboxylic acids is 2. The van der Waals surface area contributed by atoms with E-state index in [1.807, 2.05) is 0 Å². The summed E-state index contributed by atoms with van der Waals surface area (Å²) in [6, 6.07) is 0. The molecule has 0 heterocycles. The van der Waals surface area contributed by atoms with E-state index in [-0.39, 0.29) is 0 Å². The summed E-state index contributed by atoms with van der Waals surface area (Å²) in [6.07, 6.45) is 11.7. The molecular formula is C15H24O2. The van der Waals surface area contributed by atoms with Gasteiger partial charge < -0.3 is 0 Å². The van der Waals surface area contributed by atoms with Crippen LogP contribution in [-0.2, 0) is 9.59 Å². The molecule has 2 aliphatic carbocycles. The molecule has 2 rings (SSSR count). The summed E-state index contributed by atoms with van der Waals surface area (Å²) in [5.41, 5.74) is 0. The molecule has 96 valence electrons. The predicted octanol–water partition coefficient (Wildman–Crippen LogP) is 3.68. The first kappa shape index (κ1) is 12.8. The Morgan fingerprint density at radius 3 is 1.41 bits per heavy atom. The molecular weight excluding hydrogens is 212 g/mol. The van der Waals surface area contributed by atoms with Crippen LogP contribution in [0.25, 0.3) is 0 Å². The van der Waals surface area contributed by atoms with Gasteiger partial charge in [-0.1, -0.05) is 19.3 Å². The number of rotatable bonds is 4. The second-order valence-electron chi connectivity index (χ2n) is 5.90. The molecule has 0 radical (unpaired) electrons. The topological polar surface area (TPSA) is 34.1 Å². The van der Waals surface area contributed by atoms with Crippen molar-refractivity contribution in [2.75, 3.05) is 0 Å². The molecule has 0 atom stereocenters. The van der Waals surface area contributed by atoms with Gasteiger partial charge in [-0.15, -0.1) is 0 Å². The van der Waals surface area contributed by atoms with Gasteiger partial charge in [-0.2, -0.15) is 0 Å². The Labute approximate surface area is 104 Å². The van der Waals surface area contributed by atoms with Crippen molar-refractivity contribution in [1.29, 1.82) is 0 Å². The summed E-state index contributed by atoms with van der Waals surface area (Å²) in [5, 5.41) is 0. The lowest BCUT2D eigenvalue weighted by Crippen LogP contribution is -2.16. The molecule has 0 aromatic carbocycles. The lowest BCUT2D eigenvalue weighted by atomic mass is 9.81. The minimum absolute atomic E-state index is 0.465. The standard InChI is InChI=1S/C15H24O2/c16-14-8-4-12(5-9-14)2-1-3-13-6-10-15(17)11-7-13/h12-13H,1-11H2. The van der Waals surface area contributed by atoms with Gasteiger partial charge in [-0.05, 0) is 37.5 Å². The Balaban J connectivity index is 1.56. The number of carbonyl (C=O) groups is 2. The van der Waals surface area contributed by atoms with Crippen molar-refractivity contribution >= 4 is 11.6 Å². The Morgan fingerprint density at radius 1 is 0.706 bits per heavy atom. The van der Waals surface area contributed by atoms with Crippen LogP contribution in [0, 0.1) is 11.8 Å². The van der Waals surface area contributed by atoms with Crippen molar-refractivity contribution in [1.82, 2.24) is 0 Å². The van der Waals surface area contributed by atoms with Gasteiger partial charge in [0.25, 0.3) is 0 Å². The smallest absolute Gasteiger partial charge is 0.132 e. The first-order valence-electron chi connectivity index (χ1n) is 7.27. The van der Waals surface area contributed by atoms with E-state index < -0.39 is 0 Å². The highest BCUT2D eigenvalue weighted by Crippen LogP contribution is 2.30. The Kier molecular flexibility index (Phi) is 4.75. The second kappa shape index (κ2) is 6.32. The summed E-state index contributed by atoms with van der Waals surface area (Å²) < 4.78 is 0. The molecule has 0 unspecified atom stereocenters. The van der Waals surface area contributed by atoms with E-state index in [9.17, 15) is 9.59 Å². The minimum Gasteiger partial charge on any atom is -0.300 e. The molecule has 2 fully saturated rings. The largest absolute Gasteiger partial charge is 0.300 e. The van der Waals surface area contributed by atoms with Crippen LogP contribution in [0.3, 0.4) is 0 Å². The number of Topliss-reactive ketones (excluding diaryl/α,β-unsaturated/α-hetero) is 2. The number of hydrogen-bond donors (Lipinski definition) is 0. The van der Waals surface area contributed by atoms with Crippen LogP contribution in [-0.4, -0.2) is 11.6 Å². The fraction of sp³-hybridized carbons (Fsp3) is 0.867. The van der Waals surface area contributed by atoms with Crippen LogP contribution >= 0.6 is 0 Å². The van der Waals surface area contributed by atoms with Crippen LogP contribution in [0.15, 0.2) is 0 Å². The van der Waals surface area contributed by atoms with Gasteiger partial charge >= 0.3 is 0 Å². The molecule has 0 N–H and O–H groups in total. The van der Waals surface area contributed by atoms with Gasteiger partial charge in [-0.25, -0.2) is 0 Å². The molecule has 2 nitrogen and oxygen atoms in total. The third-order valence-corrected chi connectivity index (χ3v) is 4.55. The number of hydrogen-bond acceptors (Lipinski definition) is 2. The van der Waals surface area contributed by atoms with Crippen LogP contribution in [0.5, 0.6) is 0 Å². The van der Waals surface area contributed by atoms with Gasteiger partial charge in [0, 0.05) is 25.7 Å². The Morgan fingerprint density at radius 2 is 1.06 bits per heavy atom. The first-order valence-corrected chi connectivity index (χ1v) is 7.27. The second-order valence-corrected chi connectivity index (χ2v) is 5.90. The fourth-order valence-corrected chi connectivity index (χ4v) is 3.27. The number of ketones is 2. The molecule has 17 heavy (non-hydrogen) atoms. The van der Waals surface area contributed by atoms with Gasteiger partial charge in [0.15, 0.2) is 0 Å². The average molecular weight is 236 g/mol. The zero-order valence-electron chi connectivity index (χ0n) is 10.7. The highest BCUT2D eigenvalue weighted by molar-refractivity contribution is 5.79. The zero-order chi connectivity index (χ0) is 12.1.